The summed E-state index contributed by atoms with van der Waals surface area (Å²) in [5.41, 5.74) is 0.581. The van der Waals surface area contributed by atoms with Gasteiger partial charge in [-0.2, -0.15) is 0 Å². The summed E-state index contributed by atoms with van der Waals surface area (Å²) < 4.78 is 5.39. The van der Waals surface area contributed by atoms with Gasteiger partial charge >= 0.3 is 0 Å². The second kappa shape index (κ2) is 7.24. The number of ether oxygens (including phenoxy) is 1. The van der Waals surface area contributed by atoms with Crippen molar-refractivity contribution < 1.29 is 14.6 Å². The summed E-state index contributed by atoms with van der Waals surface area (Å²) in [4.78, 5) is 15.9. The number of hydrogen-bond donors (Lipinski definition) is 2. The maximum absolute atomic E-state index is 11.9. The lowest BCUT2D eigenvalue weighted by molar-refractivity contribution is -0.124. The molecule has 0 saturated heterocycles. The molecule has 0 spiro atoms. The molecule has 2 unspecified atom stereocenters. The smallest absolute Gasteiger partial charge is 0.258 e. The Hall–Kier alpha value is -1.62. The Bertz CT molecular complexity index is 433. The van der Waals surface area contributed by atoms with Gasteiger partial charge in [-0.1, -0.05) is 19.8 Å². The first-order valence-electron chi connectivity index (χ1n) is 7.17. The SMILES string of the molecule is CC1CCCCC1NC(=O)COc1ccc(CO)nc1. The summed E-state index contributed by atoms with van der Waals surface area (Å²) in [6.07, 6.45) is 6.19. The van der Waals surface area contributed by atoms with Gasteiger partial charge in [0.25, 0.3) is 5.91 Å². The molecule has 0 aliphatic heterocycles. The van der Waals surface area contributed by atoms with Gasteiger partial charge in [0, 0.05) is 6.04 Å². The molecule has 1 aliphatic carbocycles. The number of rotatable bonds is 5. The second-order valence-corrected chi connectivity index (χ2v) is 5.37. The van der Waals surface area contributed by atoms with Gasteiger partial charge in [0.05, 0.1) is 18.5 Å². The molecule has 1 aromatic rings. The van der Waals surface area contributed by atoms with E-state index in [-0.39, 0.29) is 25.2 Å². The molecular formula is C15H22N2O3. The van der Waals surface area contributed by atoms with E-state index >= 15 is 0 Å². The summed E-state index contributed by atoms with van der Waals surface area (Å²) in [5, 5.41) is 11.9. The summed E-state index contributed by atoms with van der Waals surface area (Å²) in [5.74, 6) is 0.988. The standard InChI is InChI=1S/C15H22N2O3/c1-11-4-2-3-5-14(11)17-15(19)10-20-13-7-6-12(9-18)16-8-13/h6-8,11,14,18H,2-5,9-10H2,1H3,(H,17,19). The molecule has 2 atom stereocenters. The Morgan fingerprint density at radius 3 is 2.90 bits per heavy atom. The molecule has 1 saturated carbocycles. The molecule has 1 heterocycles. The molecule has 1 aliphatic rings. The molecule has 5 nitrogen and oxygen atoms in total. The molecule has 1 fully saturated rings. The second-order valence-electron chi connectivity index (χ2n) is 5.37. The van der Waals surface area contributed by atoms with Gasteiger partial charge in [-0.05, 0) is 30.9 Å². The van der Waals surface area contributed by atoms with Crippen molar-refractivity contribution in [2.75, 3.05) is 6.61 Å². The maximum Gasteiger partial charge on any atom is 0.258 e. The van der Waals surface area contributed by atoms with Crippen LogP contribution in [0.25, 0.3) is 0 Å². The van der Waals surface area contributed by atoms with Gasteiger partial charge in [0.15, 0.2) is 6.61 Å². The fraction of sp³-hybridized carbons (Fsp3) is 0.600. The average Bonchev–Trinajstić information content (AvgIpc) is 2.48. The minimum absolute atomic E-state index is 0.00334. The molecule has 2 N–H and O–H groups in total. The number of aliphatic hydroxyl groups is 1. The van der Waals surface area contributed by atoms with E-state index in [0.717, 1.165) is 6.42 Å². The van der Waals surface area contributed by atoms with Gasteiger partial charge in [0.2, 0.25) is 0 Å². The van der Waals surface area contributed by atoms with E-state index in [4.69, 9.17) is 9.84 Å². The molecule has 0 bridgehead atoms. The highest BCUT2D eigenvalue weighted by Gasteiger charge is 2.22. The lowest BCUT2D eigenvalue weighted by Crippen LogP contribution is -2.43. The summed E-state index contributed by atoms with van der Waals surface area (Å²) in [6.45, 7) is 2.09. The van der Waals surface area contributed by atoms with Gasteiger partial charge in [-0.25, -0.2) is 0 Å². The van der Waals surface area contributed by atoms with E-state index in [9.17, 15) is 4.79 Å². The van der Waals surface area contributed by atoms with Crippen LogP contribution in [0.2, 0.25) is 0 Å². The Kier molecular flexibility index (Phi) is 5.35. The van der Waals surface area contributed by atoms with E-state index in [2.05, 4.69) is 17.2 Å². The van der Waals surface area contributed by atoms with Crippen molar-refractivity contribution in [3.8, 4) is 5.75 Å². The normalized spacial score (nSPS) is 22.3. The Balaban J connectivity index is 1.76. The van der Waals surface area contributed by atoms with Gasteiger partial charge in [-0.3, -0.25) is 9.78 Å². The van der Waals surface area contributed by atoms with Crippen LogP contribution in [0.3, 0.4) is 0 Å². The van der Waals surface area contributed by atoms with Crippen LogP contribution in [0.5, 0.6) is 5.75 Å². The van der Waals surface area contributed by atoms with Crippen LogP contribution in [-0.4, -0.2) is 28.6 Å². The molecule has 20 heavy (non-hydrogen) atoms. The number of hydrogen-bond acceptors (Lipinski definition) is 4. The van der Waals surface area contributed by atoms with Crippen molar-refractivity contribution in [3.63, 3.8) is 0 Å². The van der Waals surface area contributed by atoms with Crippen molar-refractivity contribution in [2.24, 2.45) is 5.92 Å². The van der Waals surface area contributed by atoms with Crippen molar-refractivity contribution in [3.05, 3.63) is 24.0 Å². The highest BCUT2D eigenvalue weighted by molar-refractivity contribution is 5.77. The number of aliphatic hydroxyl groups excluding tert-OH is 1. The number of aromatic nitrogens is 1. The lowest BCUT2D eigenvalue weighted by atomic mass is 9.86. The minimum Gasteiger partial charge on any atom is -0.482 e. The molecule has 1 amide bonds. The number of pyridine rings is 1. The van der Waals surface area contributed by atoms with Gasteiger partial charge in [-0.15, -0.1) is 0 Å². The molecule has 0 radical (unpaired) electrons. The number of carbonyl (C=O) groups excluding carboxylic acids is 1. The van der Waals surface area contributed by atoms with Crippen molar-refractivity contribution in [1.82, 2.24) is 10.3 Å². The lowest BCUT2D eigenvalue weighted by Gasteiger charge is -2.29. The van der Waals surface area contributed by atoms with E-state index in [0.29, 0.717) is 17.4 Å². The minimum atomic E-state index is -0.0969. The predicted octanol–water partition coefficient (Wildman–Crippen LogP) is 1.65. The fourth-order valence-electron chi connectivity index (χ4n) is 2.52. The first kappa shape index (κ1) is 14.8. The van der Waals surface area contributed by atoms with Crippen LogP contribution in [0, 0.1) is 5.92 Å². The maximum atomic E-state index is 11.9. The fourth-order valence-corrected chi connectivity index (χ4v) is 2.52. The Morgan fingerprint density at radius 1 is 1.45 bits per heavy atom. The Morgan fingerprint density at radius 2 is 2.25 bits per heavy atom. The van der Waals surface area contributed by atoms with Crippen LogP contribution in [0.4, 0.5) is 0 Å². The Labute approximate surface area is 119 Å². The largest absolute Gasteiger partial charge is 0.482 e. The molecule has 110 valence electrons. The number of amides is 1. The summed E-state index contributed by atoms with van der Waals surface area (Å²) in [6, 6.07) is 3.65. The summed E-state index contributed by atoms with van der Waals surface area (Å²) in [7, 11) is 0. The van der Waals surface area contributed by atoms with Crippen molar-refractivity contribution >= 4 is 5.91 Å². The molecule has 2 rings (SSSR count). The molecular weight excluding hydrogens is 256 g/mol. The van der Waals surface area contributed by atoms with E-state index in [1.165, 1.54) is 25.5 Å². The van der Waals surface area contributed by atoms with Gasteiger partial charge in [0.1, 0.15) is 5.75 Å². The zero-order valence-corrected chi connectivity index (χ0v) is 11.8. The first-order chi connectivity index (χ1) is 9.69. The third-order valence-corrected chi connectivity index (χ3v) is 3.79. The zero-order chi connectivity index (χ0) is 14.4. The van der Waals surface area contributed by atoms with Crippen LogP contribution in [0.1, 0.15) is 38.3 Å². The highest BCUT2D eigenvalue weighted by atomic mass is 16.5. The third kappa shape index (κ3) is 4.20. The quantitative estimate of drug-likeness (QED) is 0.859. The molecule has 5 heteroatoms. The van der Waals surface area contributed by atoms with Crippen LogP contribution in [0.15, 0.2) is 18.3 Å². The summed E-state index contributed by atoms with van der Waals surface area (Å²) >= 11 is 0. The zero-order valence-electron chi connectivity index (χ0n) is 11.8. The molecule has 0 aromatic carbocycles. The van der Waals surface area contributed by atoms with E-state index in [1.807, 2.05) is 0 Å². The van der Waals surface area contributed by atoms with Crippen LogP contribution < -0.4 is 10.1 Å². The van der Waals surface area contributed by atoms with E-state index < -0.39 is 0 Å². The van der Waals surface area contributed by atoms with Crippen molar-refractivity contribution in [2.45, 2.75) is 45.3 Å². The van der Waals surface area contributed by atoms with Crippen LogP contribution in [-0.2, 0) is 11.4 Å². The number of nitrogens with zero attached hydrogens (tertiary/aromatic N) is 1. The number of nitrogens with one attached hydrogen (secondary N) is 1. The first-order valence-corrected chi connectivity index (χ1v) is 7.17. The highest BCUT2D eigenvalue weighted by Crippen LogP contribution is 2.23. The van der Waals surface area contributed by atoms with E-state index in [1.54, 1.807) is 12.1 Å². The molecule has 1 aromatic heterocycles. The predicted molar refractivity (Wildman–Crippen MR) is 75.2 cm³/mol. The average molecular weight is 278 g/mol. The monoisotopic (exact) mass is 278 g/mol. The topological polar surface area (TPSA) is 71.5 Å². The van der Waals surface area contributed by atoms with Crippen LogP contribution >= 0.6 is 0 Å². The number of carbonyl (C=O) groups is 1. The van der Waals surface area contributed by atoms with Gasteiger partial charge < -0.3 is 15.2 Å². The third-order valence-electron chi connectivity index (χ3n) is 3.79. The van der Waals surface area contributed by atoms with Crippen molar-refractivity contribution in [1.29, 1.82) is 0 Å².